The van der Waals surface area contributed by atoms with Crippen LogP contribution in [0.1, 0.15) is 104 Å². The molecule has 1 aromatic carbocycles. The minimum atomic E-state index is -2.15. The largest absolute Gasteiger partial charge is 0.343 e. The molecule has 1 rings (SSSR count). The summed E-state index contributed by atoms with van der Waals surface area (Å²) in [6, 6.07) is 0. The Kier molecular flexibility index (Phi) is 13.6. The van der Waals surface area contributed by atoms with Crippen LogP contribution in [0.25, 0.3) is 0 Å². The zero-order chi connectivity index (χ0) is 25.9. The summed E-state index contributed by atoms with van der Waals surface area (Å²) in [6.07, 6.45) is 7.15. The fourth-order valence-electron chi connectivity index (χ4n) is 4.14. The molecule has 0 heterocycles. The summed E-state index contributed by atoms with van der Waals surface area (Å²) in [5, 5.41) is 11.3. The van der Waals surface area contributed by atoms with Crippen molar-refractivity contribution in [1.82, 2.24) is 0 Å². The third-order valence-electron chi connectivity index (χ3n) is 5.76. The number of hydrogen-bond donors (Lipinski definition) is 1. The van der Waals surface area contributed by atoms with Crippen molar-refractivity contribution in [3.8, 4) is 0 Å². The van der Waals surface area contributed by atoms with Crippen LogP contribution in [-0.2, 0) is 15.9 Å². The van der Waals surface area contributed by atoms with Crippen molar-refractivity contribution in [3.05, 3.63) is 34.6 Å². The molecule has 0 aliphatic heterocycles. The Morgan fingerprint density at radius 1 is 0.647 bits per heavy atom. The molecule has 1 atom stereocenters. The van der Waals surface area contributed by atoms with Crippen LogP contribution in [0.5, 0.6) is 0 Å². The molecule has 1 aromatic rings. The van der Waals surface area contributed by atoms with E-state index in [1.54, 1.807) is 27.7 Å². The minimum Gasteiger partial charge on any atom is -0.343 e. The molecule has 0 saturated heterocycles. The average Bonchev–Trinajstić information content (AvgIpc) is 2.75. The van der Waals surface area contributed by atoms with Gasteiger partial charge in [0.2, 0.25) is 5.82 Å². The molecule has 0 aliphatic carbocycles. The van der Waals surface area contributed by atoms with Gasteiger partial charge in [0.25, 0.3) is 5.97 Å². The molecular weight excluding hydrogens is 455 g/mol. The first-order valence-corrected chi connectivity index (χ1v) is 12.5. The highest BCUT2D eigenvalue weighted by atomic mass is 19.2. The summed E-state index contributed by atoms with van der Waals surface area (Å²) >= 11 is 0. The second kappa shape index (κ2) is 15.0. The lowest BCUT2D eigenvalue weighted by Crippen LogP contribution is -2.47. The first-order chi connectivity index (χ1) is 15.9. The van der Waals surface area contributed by atoms with Gasteiger partial charge < -0.3 is 14.6 Å². The minimum absolute atomic E-state index is 0.185. The third kappa shape index (κ3) is 9.42. The predicted molar refractivity (Wildman–Crippen MR) is 123 cm³/mol. The van der Waals surface area contributed by atoms with E-state index in [0.29, 0.717) is 19.3 Å². The van der Waals surface area contributed by atoms with Crippen LogP contribution in [0.15, 0.2) is 0 Å². The number of ether oxygens (including phenoxy) is 2. The van der Waals surface area contributed by atoms with E-state index in [-0.39, 0.29) is 25.0 Å². The first-order valence-electron chi connectivity index (χ1n) is 12.5. The fraction of sp³-hybridized carbons (Fsp3) is 0.769. The SMILES string of the molecule is CCCCCCCCC(CCCCc1c(F)c(F)c(F)c(F)c1F)C(O)(OC(C)C)OC(C)C. The van der Waals surface area contributed by atoms with Crippen molar-refractivity contribution in [2.45, 2.75) is 123 Å². The van der Waals surface area contributed by atoms with Crippen molar-refractivity contribution in [3.63, 3.8) is 0 Å². The molecule has 0 saturated carbocycles. The summed E-state index contributed by atoms with van der Waals surface area (Å²) in [4.78, 5) is 0. The van der Waals surface area contributed by atoms with Gasteiger partial charge in [0.1, 0.15) is 0 Å². The Balaban J connectivity index is 2.87. The average molecular weight is 497 g/mol. The van der Waals surface area contributed by atoms with Crippen LogP contribution in [0.2, 0.25) is 0 Å². The van der Waals surface area contributed by atoms with Crippen molar-refractivity contribution in [1.29, 1.82) is 0 Å². The van der Waals surface area contributed by atoms with E-state index in [0.717, 1.165) is 32.1 Å². The Morgan fingerprint density at radius 3 is 1.53 bits per heavy atom. The van der Waals surface area contributed by atoms with Crippen molar-refractivity contribution in [2.75, 3.05) is 0 Å². The van der Waals surface area contributed by atoms with Gasteiger partial charge in [0.15, 0.2) is 23.3 Å². The van der Waals surface area contributed by atoms with Crippen molar-refractivity contribution >= 4 is 0 Å². The van der Waals surface area contributed by atoms with Crippen molar-refractivity contribution < 1.29 is 36.5 Å². The molecule has 3 nitrogen and oxygen atoms in total. The first kappa shape index (κ1) is 30.8. The van der Waals surface area contributed by atoms with Crippen LogP contribution in [-0.4, -0.2) is 23.3 Å². The number of benzene rings is 1. The van der Waals surface area contributed by atoms with Gasteiger partial charge in [-0.3, -0.25) is 0 Å². The van der Waals surface area contributed by atoms with E-state index in [2.05, 4.69) is 6.92 Å². The number of unbranched alkanes of at least 4 members (excludes halogenated alkanes) is 6. The lowest BCUT2D eigenvalue weighted by molar-refractivity contribution is -0.407. The van der Waals surface area contributed by atoms with Gasteiger partial charge in [-0.1, -0.05) is 51.9 Å². The summed E-state index contributed by atoms with van der Waals surface area (Å²) in [5.41, 5.74) is -0.809. The van der Waals surface area contributed by atoms with Crippen LogP contribution in [0, 0.1) is 35.0 Å². The van der Waals surface area contributed by atoms with Gasteiger partial charge in [0.05, 0.1) is 12.2 Å². The maximum atomic E-state index is 14.0. The van der Waals surface area contributed by atoms with E-state index in [1.165, 1.54) is 6.42 Å². The third-order valence-corrected chi connectivity index (χ3v) is 5.76. The highest BCUT2D eigenvalue weighted by Crippen LogP contribution is 2.34. The Labute approximate surface area is 201 Å². The number of hydrogen-bond acceptors (Lipinski definition) is 3. The monoisotopic (exact) mass is 496 g/mol. The van der Waals surface area contributed by atoms with Crippen LogP contribution >= 0.6 is 0 Å². The molecule has 1 unspecified atom stereocenters. The standard InChI is InChI=1S/C26H41F5O3/c1-6-7-8-9-10-11-14-19(26(32,33-17(2)3)34-18(4)5)15-12-13-16-20-21(27)23(29)25(31)24(30)22(20)28/h17-19,32H,6-16H2,1-5H3. The van der Waals surface area contributed by atoms with Crippen LogP contribution < -0.4 is 0 Å². The van der Waals surface area contributed by atoms with Crippen LogP contribution in [0.3, 0.4) is 0 Å². The Morgan fingerprint density at radius 2 is 1.06 bits per heavy atom. The van der Waals surface area contributed by atoms with E-state index in [9.17, 15) is 27.1 Å². The predicted octanol–water partition coefficient (Wildman–Crippen LogP) is 7.96. The zero-order valence-electron chi connectivity index (χ0n) is 21.2. The van der Waals surface area contributed by atoms with Crippen molar-refractivity contribution in [2.24, 2.45) is 5.92 Å². The number of rotatable bonds is 17. The van der Waals surface area contributed by atoms with E-state index in [1.807, 2.05) is 0 Å². The maximum Gasteiger partial charge on any atom is 0.283 e. The maximum absolute atomic E-state index is 14.0. The molecule has 0 radical (unpaired) electrons. The lowest BCUT2D eigenvalue weighted by Gasteiger charge is -2.38. The summed E-state index contributed by atoms with van der Waals surface area (Å²) < 4.78 is 79.7. The second-order valence-electron chi connectivity index (χ2n) is 9.51. The molecule has 0 fully saturated rings. The molecule has 0 spiro atoms. The van der Waals surface area contributed by atoms with Gasteiger partial charge in [-0.05, 0) is 53.4 Å². The van der Waals surface area contributed by atoms with E-state index >= 15 is 0 Å². The molecule has 0 bridgehead atoms. The highest BCUT2D eigenvalue weighted by Gasteiger charge is 2.40. The molecule has 8 heteroatoms. The topological polar surface area (TPSA) is 38.7 Å². The molecular formula is C26H41F5O3. The van der Waals surface area contributed by atoms with Gasteiger partial charge in [-0.2, -0.15) is 0 Å². The normalized spacial score (nSPS) is 13.3. The van der Waals surface area contributed by atoms with Crippen LogP contribution in [0.4, 0.5) is 22.0 Å². The van der Waals surface area contributed by atoms with Gasteiger partial charge in [-0.15, -0.1) is 0 Å². The van der Waals surface area contributed by atoms with Gasteiger partial charge in [0, 0.05) is 11.5 Å². The molecule has 198 valence electrons. The molecule has 0 aromatic heterocycles. The summed E-state index contributed by atoms with van der Waals surface area (Å²) in [6.45, 7) is 9.31. The quantitative estimate of drug-likeness (QED) is 0.0782. The number of aliphatic hydroxyl groups is 1. The molecule has 34 heavy (non-hydrogen) atoms. The molecule has 1 N–H and O–H groups in total. The second-order valence-corrected chi connectivity index (χ2v) is 9.51. The Hall–Kier alpha value is -1.25. The summed E-state index contributed by atoms with van der Waals surface area (Å²) in [7, 11) is 0. The smallest absolute Gasteiger partial charge is 0.283 e. The van der Waals surface area contributed by atoms with Gasteiger partial charge in [-0.25, -0.2) is 22.0 Å². The van der Waals surface area contributed by atoms with E-state index in [4.69, 9.17) is 9.47 Å². The van der Waals surface area contributed by atoms with Gasteiger partial charge >= 0.3 is 0 Å². The molecule has 0 aliphatic rings. The lowest BCUT2D eigenvalue weighted by atomic mass is 9.91. The Bertz CT molecular complexity index is 701. The fourth-order valence-corrected chi connectivity index (χ4v) is 4.14. The number of halogens is 5. The summed E-state index contributed by atoms with van der Waals surface area (Å²) in [5.74, 6) is -11.8. The van der Waals surface area contributed by atoms with E-state index < -0.39 is 46.5 Å². The highest BCUT2D eigenvalue weighted by molar-refractivity contribution is 5.24. The zero-order valence-corrected chi connectivity index (χ0v) is 21.2. The molecule has 0 amide bonds.